The van der Waals surface area contributed by atoms with E-state index in [9.17, 15) is 9.59 Å². The lowest BCUT2D eigenvalue weighted by Crippen LogP contribution is -2.24. The van der Waals surface area contributed by atoms with Crippen molar-refractivity contribution >= 4 is 28.7 Å². The fourth-order valence-corrected chi connectivity index (χ4v) is 3.00. The van der Waals surface area contributed by atoms with Crippen LogP contribution >= 0.6 is 0 Å². The molecule has 0 aliphatic rings. The van der Waals surface area contributed by atoms with E-state index in [1.54, 1.807) is 18.3 Å². The van der Waals surface area contributed by atoms with Crippen LogP contribution in [0, 0.1) is 5.41 Å². The predicted octanol–water partition coefficient (Wildman–Crippen LogP) is 3.77. The number of carbonyl (C=O) groups is 2. The van der Waals surface area contributed by atoms with Crippen LogP contribution in [0.1, 0.15) is 61.4 Å². The Bertz CT molecular complexity index is 813. The maximum absolute atomic E-state index is 12.5. The van der Waals surface area contributed by atoms with E-state index in [0.717, 1.165) is 43.0 Å². The first-order valence-corrected chi connectivity index (χ1v) is 9.74. The molecule has 28 heavy (non-hydrogen) atoms. The van der Waals surface area contributed by atoms with Gasteiger partial charge in [-0.15, -0.1) is 0 Å². The minimum Gasteiger partial charge on any atom is -0.478 e. The van der Waals surface area contributed by atoms with Crippen LogP contribution in [0.25, 0.3) is 10.9 Å². The van der Waals surface area contributed by atoms with Gasteiger partial charge >= 0.3 is 5.97 Å². The van der Waals surface area contributed by atoms with Gasteiger partial charge < -0.3 is 19.8 Å². The number of fused-ring (bicyclic) bond motifs is 1. The molecular formula is C21H29N3O4. The topological polar surface area (TPSA) is 104 Å². The van der Waals surface area contributed by atoms with Crippen LogP contribution in [-0.2, 0) is 14.3 Å². The molecule has 0 aliphatic carbocycles. The summed E-state index contributed by atoms with van der Waals surface area (Å²) in [5.74, 6) is -0.188. The number of methoxy groups -OCH3 is 1. The molecule has 1 amide bonds. The molecule has 1 aromatic carbocycles. The van der Waals surface area contributed by atoms with Crippen molar-refractivity contribution in [2.75, 3.05) is 20.3 Å². The minimum atomic E-state index is -0.162. The zero-order valence-electron chi connectivity index (χ0n) is 16.6. The van der Waals surface area contributed by atoms with Gasteiger partial charge in [0.25, 0.3) is 5.91 Å². The largest absolute Gasteiger partial charge is 0.478 e. The number of carbonyl (C=O) groups excluding carboxylic acids is 2. The molecule has 0 radical (unpaired) electrons. The van der Waals surface area contributed by atoms with E-state index in [2.05, 4.69) is 15.0 Å². The Balaban J connectivity index is 1.79. The van der Waals surface area contributed by atoms with Crippen molar-refractivity contribution in [3.63, 3.8) is 0 Å². The Kier molecular flexibility index (Phi) is 8.52. The van der Waals surface area contributed by atoms with E-state index in [0.29, 0.717) is 30.7 Å². The second-order valence-corrected chi connectivity index (χ2v) is 6.57. The molecule has 3 N–H and O–H groups in total. The lowest BCUT2D eigenvalue weighted by Gasteiger charge is -2.07. The second-order valence-electron chi connectivity index (χ2n) is 6.57. The molecule has 2 rings (SSSR count). The van der Waals surface area contributed by atoms with Gasteiger partial charge in [-0.25, -0.2) is 0 Å². The predicted molar refractivity (Wildman–Crippen MR) is 109 cm³/mol. The van der Waals surface area contributed by atoms with Crippen LogP contribution in [0.2, 0.25) is 0 Å². The number of benzene rings is 1. The third kappa shape index (κ3) is 6.11. The first-order valence-electron chi connectivity index (χ1n) is 9.74. The Morgan fingerprint density at radius 2 is 1.89 bits per heavy atom. The average molecular weight is 387 g/mol. The Labute approximate surface area is 165 Å². The molecule has 0 bridgehead atoms. The lowest BCUT2D eigenvalue weighted by atomic mass is 10.1. The van der Waals surface area contributed by atoms with Crippen LogP contribution < -0.4 is 5.32 Å². The number of nitrogens with one attached hydrogen (secondary N) is 3. The van der Waals surface area contributed by atoms with E-state index < -0.39 is 0 Å². The molecule has 0 spiro atoms. The smallest absolute Gasteiger partial charge is 0.305 e. The highest BCUT2D eigenvalue weighted by Crippen LogP contribution is 2.20. The quantitative estimate of drug-likeness (QED) is 0.236. The Hall–Kier alpha value is -2.83. The summed E-state index contributed by atoms with van der Waals surface area (Å²) in [6, 6.07) is 5.46. The number of amides is 1. The number of H-pyrrole nitrogens is 1. The summed E-state index contributed by atoms with van der Waals surface area (Å²) in [5, 5.41) is 11.6. The van der Waals surface area contributed by atoms with E-state index in [4.69, 9.17) is 10.1 Å². The fourth-order valence-electron chi connectivity index (χ4n) is 3.00. The molecule has 1 aromatic heterocycles. The molecule has 0 aliphatic heterocycles. The van der Waals surface area contributed by atoms with Crippen LogP contribution in [-0.4, -0.2) is 43.0 Å². The number of esters is 1. The Morgan fingerprint density at radius 1 is 1.14 bits per heavy atom. The second kappa shape index (κ2) is 11.1. The van der Waals surface area contributed by atoms with Gasteiger partial charge in [-0.05, 0) is 38.0 Å². The van der Waals surface area contributed by atoms with E-state index >= 15 is 0 Å². The zero-order chi connectivity index (χ0) is 20.4. The fraction of sp³-hybridized carbons (Fsp3) is 0.476. The summed E-state index contributed by atoms with van der Waals surface area (Å²) in [6.45, 7) is 2.87. The van der Waals surface area contributed by atoms with Crippen LogP contribution in [0.3, 0.4) is 0 Å². The van der Waals surface area contributed by atoms with Crippen molar-refractivity contribution in [2.45, 2.75) is 45.4 Å². The van der Waals surface area contributed by atoms with E-state index in [1.807, 2.05) is 13.0 Å². The summed E-state index contributed by atoms with van der Waals surface area (Å²) >= 11 is 0. The van der Waals surface area contributed by atoms with Crippen LogP contribution in [0.15, 0.2) is 24.4 Å². The molecular weight excluding hydrogens is 358 g/mol. The summed E-state index contributed by atoms with van der Waals surface area (Å²) < 4.78 is 9.85. The van der Waals surface area contributed by atoms with Crippen molar-refractivity contribution in [2.24, 2.45) is 0 Å². The average Bonchev–Trinajstić information content (AvgIpc) is 3.13. The summed E-state index contributed by atoms with van der Waals surface area (Å²) in [5.41, 5.74) is 2.07. The molecule has 0 saturated heterocycles. The van der Waals surface area contributed by atoms with Crippen LogP contribution in [0.5, 0.6) is 0 Å². The minimum absolute atomic E-state index is 0.101. The molecule has 2 aromatic rings. The zero-order valence-corrected chi connectivity index (χ0v) is 16.6. The third-order valence-corrected chi connectivity index (χ3v) is 4.55. The molecule has 0 saturated carbocycles. The van der Waals surface area contributed by atoms with Gasteiger partial charge in [-0.2, -0.15) is 0 Å². The number of ether oxygens (including phenoxy) is 2. The highest BCUT2D eigenvalue weighted by atomic mass is 16.5. The Morgan fingerprint density at radius 3 is 2.64 bits per heavy atom. The van der Waals surface area contributed by atoms with Gasteiger partial charge in [0.05, 0.1) is 19.3 Å². The van der Waals surface area contributed by atoms with Gasteiger partial charge in [-0.1, -0.05) is 19.3 Å². The first kappa shape index (κ1) is 21.5. The maximum atomic E-state index is 12.5. The monoisotopic (exact) mass is 387 g/mol. The molecule has 7 nitrogen and oxygen atoms in total. The lowest BCUT2D eigenvalue weighted by molar-refractivity contribution is -0.140. The molecule has 0 unspecified atom stereocenters. The van der Waals surface area contributed by atoms with Gasteiger partial charge in [-0.3, -0.25) is 15.0 Å². The number of aromatic nitrogens is 1. The highest BCUT2D eigenvalue weighted by Gasteiger charge is 2.13. The van der Waals surface area contributed by atoms with Crippen molar-refractivity contribution in [1.82, 2.24) is 10.3 Å². The number of hydrogen-bond acceptors (Lipinski definition) is 5. The van der Waals surface area contributed by atoms with E-state index in [1.165, 1.54) is 7.11 Å². The normalized spacial score (nSPS) is 10.6. The summed E-state index contributed by atoms with van der Waals surface area (Å²) in [7, 11) is 1.41. The highest BCUT2D eigenvalue weighted by molar-refractivity contribution is 6.08. The SMILES string of the molecule is CCOC(=N)c1ccc2[nH]cc(C(=O)NCCCCCCCC(=O)OC)c2c1. The maximum Gasteiger partial charge on any atom is 0.305 e. The molecule has 0 atom stereocenters. The first-order chi connectivity index (χ1) is 13.6. The van der Waals surface area contributed by atoms with Crippen molar-refractivity contribution < 1.29 is 19.1 Å². The van der Waals surface area contributed by atoms with Gasteiger partial charge in [0, 0.05) is 35.6 Å². The molecule has 0 fully saturated rings. The van der Waals surface area contributed by atoms with Gasteiger partial charge in [0.1, 0.15) is 0 Å². The molecule has 1 heterocycles. The van der Waals surface area contributed by atoms with Crippen molar-refractivity contribution in [3.8, 4) is 0 Å². The van der Waals surface area contributed by atoms with Crippen molar-refractivity contribution in [1.29, 1.82) is 5.41 Å². The number of aromatic amines is 1. The van der Waals surface area contributed by atoms with Crippen molar-refractivity contribution in [3.05, 3.63) is 35.5 Å². The van der Waals surface area contributed by atoms with Gasteiger partial charge in [0.15, 0.2) is 0 Å². The standard InChI is InChI=1S/C21H29N3O4/c1-3-28-20(22)15-10-11-18-16(13-15)17(14-24-18)21(26)23-12-8-6-4-5-7-9-19(25)27-2/h10-11,13-14,22,24H,3-9,12H2,1-2H3,(H,23,26). The number of rotatable bonds is 11. The summed E-state index contributed by atoms with van der Waals surface area (Å²) in [4.78, 5) is 26.6. The third-order valence-electron chi connectivity index (χ3n) is 4.55. The molecule has 152 valence electrons. The molecule has 7 heteroatoms. The van der Waals surface area contributed by atoms with E-state index in [-0.39, 0.29) is 17.8 Å². The van der Waals surface area contributed by atoms with Gasteiger partial charge in [0.2, 0.25) is 5.90 Å². The summed E-state index contributed by atoms with van der Waals surface area (Å²) in [6.07, 6.45) is 6.92. The van der Waals surface area contributed by atoms with Crippen LogP contribution in [0.4, 0.5) is 0 Å². The number of unbranched alkanes of at least 4 members (excludes halogenated alkanes) is 4. The number of hydrogen-bond donors (Lipinski definition) is 3.